The van der Waals surface area contributed by atoms with Gasteiger partial charge in [0.15, 0.2) is 0 Å². The van der Waals surface area contributed by atoms with Crippen molar-refractivity contribution in [2.75, 3.05) is 20.8 Å². The number of urea groups is 1. The van der Waals surface area contributed by atoms with Gasteiger partial charge in [0.05, 0.1) is 17.7 Å². The van der Waals surface area contributed by atoms with Crippen LogP contribution in [0.15, 0.2) is 10.9 Å². The van der Waals surface area contributed by atoms with E-state index in [2.05, 4.69) is 10.3 Å². The van der Waals surface area contributed by atoms with Crippen LogP contribution < -0.4 is 5.32 Å². The van der Waals surface area contributed by atoms with Gasteiger partial charge in [0.25, 0.3) is 0 Å². The Hall–Kier alpha value is -1.67. The maximum Gasteiger partial charge on any atom is 0.326 e. The second kappa shape index (κ2) is 7.70. The maximum absolute atomic E-state index is 11.8. The third-order valence-corrected chi connectivity index (χ3v) is 3.07. The third kappa shape index (κ3) is 5.23. The summed E-state index contributed by atoms with van der Waals surface area (Å²) in [4.78, 5) is 28.3. The lowest BCUT2D eigenvalue weighted by Gasteiger charge is -2.20. The Morgan fingerprint density at radius 1 is 1.63 bits per heavy atom. The first-order valence-electron chi connectivity index (χ1n) is 5.65. The van der Waals surface area contributed by atoms with Crippen molar-refractivity contribution in [3.63, 3.8) is 0 Å². The van der Waals surface area contributed by atoms with Crippen molar-refractivity contribution in [1.29, 1.82) is 0 Å². The van der Waals surface area contributed by atoms with Gasteiger partial charge in [0.2, 0.25) is 0 Å². The van der Waals surface area contributed by atoms with Crippen molar-refractivity contribution in [2.24, 2.45) is 0 Å². The number of nitrogens with one attached hydrogen (secondary N) is 1. The zero-order chi connectivity index (χ0) is 14.3. The molecule has 0 radical (unpaired) electrons. The molecule has 1 heterocycles. The summed E-state index contributed by atoms with van der Waals surface area (Å²) in [5.74, 6) is -1.08. The van der Waals surface area contributed by atoms with Crippen molar-refractivity contribution in [3.05, 3.63) is 16.6 Å². The number of carbonyl (C=O) groups is 2. The molecule has 8 heteroatoms. The van der Waals surface area contributed by atoms with E-state index in [-0.39, 0.29) is 13.0 Å². The molecule has 0 fully saturated rings. The first-order valence-corrected chi connectivity index (χ1v) is 6.59. The predicted octanol–water partition coefficient (Wildman–Crippen LogP) is 0.774. The number of aromatic nitrogens is 1. The number of ether oxygens (including phenoxy) is 1. The van der Waals surface area contributed by atoms with Crippen LogP contribution in [0.4, 0.5) is 4.79 Å². The molecule has 1 atom stereocenters. The largest absolute Gasteiger partial charge is 0.480 e. The first-order chi connectivity index (χ1) is 9.04. The summed E-state index contributed by atoms with van der Waals surface area (Å²) < 4.78 is 4.81. The highest BCUT2D eigenvalue weighted by Crippen LogP contribution is 2.04. The second-order valence-corrected chi connectivity index (χ2v) is 4.68. The molecule has 106 valence electrons. The Morgan fingerprint density at radius 3 is 2.89 bits per heavy atom. The van der Waals surface area contributed by atoms with Gasteiger partial charge in [-0.1, -0.05) is 0 Å². The quantitative estimate of drug-likeness (QED) is 0.773. The number of hydrogen-bond donors (Lipinski definition) is 2. The average molecular weight is 287 g/mol. The number of thiazole rings is 1. The van der Waals surface area contributed by atoms with Gasteiger partial charge in [-0.15, -0.1) is 11.3 Å². The third-order valence-electron chi connectivity index (χ3n) is 2.44. The van der Waals surface area contributed by atoms with Crippen LogP contribution in [0.5, 0.6) is 0 Å². The summed E-state index contributed by atoms with van der Waals surface area (Å²) in [5, 5.41) is 13.3. The van der Waals surface area contributed by atoms with Crippen LogP contribution in [0.2, 0.25) is 0 Å². The molecular formula is C11H17N3O4S. The number of methoxy groups -OCH3 is 1. The number of rotatable bonds is 7. The fourth-order valence-corrected chi connectivity index (χ4v) is 1.93. The van der Waals surface area contributed by atoms with Crippen LogP contribution in [0.3, 0.4) is 0 Å². The molecule has 2 N–H and O–H groups in total. The number of hydrogen-bond acceptors (Lipinski definition) is 5. The van der Waals surface area contributed by atoms with E-state index in [1.54, 1.807) is 12.6 Å². The van der Waals surface area contributed by atoms with E-state index in [4.69, 9.17) is 9.84 Å². The molecule has 0 bridgehead atoms. The Labute approximate surface area is 115 Å². The fraction of sp³-hybridized carbons (Fsp3) is 0.545. The standard InChI is InChI=1S/C11H17N3O4S/c1-14(5-8-6-19-7-12-8)11(17)13-9(10(15)16)3-4-18-2/h6-7,9H,3-5H2,1-2H3,(H,13,17)(H,15,16). The van der Waals surface area contributed by atoms with Crippen LogP contribution in [0, 0.1) is 0 Å². The molecule has 1 aromatic heterocycles. The van der Waals surface area contributed by atoms with Crippen molar-refractivity contribution < 1.29 is 19.4 Å². The molecule has 0 aliphatic rings. The topological polar surface area (TPSA) is 91.8 Å². The molecule has 0 spiro atoms. The van der Waals surface area contributed by atoms with E-state index in [1.807, 2.05) is 5.38 Å². The molecular weight excluding hydrogens is 270 g/mol. The molecule has 0 aromatic carbocycles. The van der Waals surface area contributed by atoms with Crippen LogP contribution >= 0.6 is 11.3 Å². The lowest BCUT2D eigenvalue weighted by atomic mass is 10.2. The van der Waals surface area contributed by atoms with Gasteiger partial charge in [-0.2, -0.15) is 0 Å². The summed E-state index contributed by atoms with van der Waals surface area (Å²) in [6, 6.07) is -1.40. The van der Waals surface area contributed by atoms with Crippen LogP contribution in [0.25, 0.3) is 0 Å². The van der Waals surface area contributed by atoms with Crippen molar-refractivity contribution in [3.8, 4) is 0 Å². The zero-order valence-electron chi connectivity index (χ0n) is 10.8. The minimum absolute atomic E-state index is 0.224. The zero-order valence-corrected chi connectivity index (χ0v) is 11.6. The molecule has 7 nitrogen and oxygen atoms in total. The Kier molecular flexibility index (Phi) is 6.23. The van der Waals surface area contributed by atoms with Gasteiger partial charge in [-0.05, 0) is 0 Å². The number of amides is 2. The Balaban J connectivity index is 2.48. The monoisotopic (exact) mass is 287 g/mol. The highest BCUT2D eigenvalue weighted by molar-refractivity contribution is 7.07. The minimum atomic E-state index is -1.08. The van der Waals surface area contributed by atoms with E-state index in [1.165, 1.54) is 23.3 Å². The van der Waals surface area contributed by atoms with Gasteiger partial charge in [-0.3, -0.25) is 0 Å². The van der Waals surface area contributed by atoms with Crippen molar-refractivity contribution in [2.45, 2.75) is 19.0 Å². The molecule has 19 heavy (non-hydrogen) atoms. The van der Waals surface area contributed by atoms with E-state index in [0.717, 1.165) is 5.69 Å². The lowest BCUT2D eigenvalue weighted by Crippen LogP contribution is -2.46. The van der Waals surface area contributed by atoms with Gasteiger partial charge in [0, 0.05) is 32.6 Å². The summed E-state index contributed by atoms with van der Waals surface area (Å²) in [6.07, 6.45) is 0.224. The predicted molar refractivity (Wildman–Crippen MR) is 70.0 cm³/mol. The van der Waals surface area contributed by atoms with Gasteiger partial charge in [-0.25, -0.2) is 14.6 Å². The smallest absolute Gasteiger partial charge is 0.326 e. The van der Waals surface area contributed by atoms with Gasteiger partial charge >= 0.3 is 12.0 Å². The highest BCUT2D eigenvalue weighted by Gasteiger charge is 2.21. The van der Waals surface area contributed by atoms with E-state index < -0.39 is 18.0 Å². The molecule has 0 aliphatic heterocycles. The SMILES string of the molecule is COCCC(NC(=O)N(C)Cc1cscn1)C(=O)O. The summed E-state index contributed by atoms with van der Waals surface area (Å²) in [7, 11) is 3.07. The lowest BCUT2D eigenvalue weighted by molar-refractivity contribution is -0.139. The van der Waals surface area contributed by atoms with Crippen LogP contribution in [0.1, 0.15) is 12.1 Å². The summed E-state index contributed by atoms with van der Waals surface area (Å²) in [5.41, 5.74) is 2.45. The van der Waals surface area contributed by atoms with Gasteiger partial charge in [0.1, 0.15) is 6.04 Å². The van der Waals surface area contributed by atoms with Crippen LogP contribution in [-0.2, 0) is 16.1 Å². The number of carboxylic acid groups (broad SMARTS) is 1. The Bertz CT molecular complexity index is 410. The maximum atomic E-state index is 11.8. The van der Waals surface area contributed by atoms with E-state index in [9.17, 15) is 9.59 Å². The number of nitrogens with zero attached hydrogens (tertiary/aromatic N) is 2. The minimum Gasteiger partial charge on any atom is -0.480 e. The molecule has 0 saturated heterocycles. The molecule has 2 amide bonds. The number of carboxylic acids is 1. The molecule has 0 aliphatic carbocycles. The average Bonchev–Trinajstić information content (AvgIpc) is 2.86. The van der Waals surface area contributed by atoms with Gasteiger partial charge < -0.3 is 20.1 Å². The van der Waals surface area contributed by atoms with E-state index in [0.29, 0.717) is 6.54 Å². The Morgan fingerprint density at radius 2 is 2.37 bits per heavy atom. The molecule has 1 aromatic rings. The summed E-state index contributed by atoms with van der Waals surface area (Å²) >= 11 is 1.44. The van der Waals surface area contributed by atoms with Crippen molar-refractivity contribution in [1.82, 2.24) is 15.2 Å². The molecule has 1 unspecified atom stereocenters. The molecule has 0 saturated carbocycles. The number of carbonyl (C=O) groups excluding carboxylic acids is 1. The normalized spacial score (nSPS) is 11.9. The number of aliphatic carboxylic acids is 1. The molecule has 1 rings (SSSR count). The first kappa shape index (κ1) is 15.4. The highest BCUT2D eigenvalue weighted by atomic mass is 32.1. The van der Waals surface area contributed by atoms with Crippen LogP contribution in [-0.4, -0.2) is 53.8 Å². The van der Waals surface area contributed by atoms with Crippen molar-refractivity contribution >= 4 is 23.3 Å². The fourth-order valence-electron chi connectivity index (χ4n) is 1.38. The second-order valence-electron chi connectivity index (χ2n) is 3.96. The van der Waals surface area contributed by atoms with E-state index >= 15 is 0 Å². The summed E-state index contributed by atoms with van der Waals surface area (Å²) in [6.45, 7) is 0.610.